The van der Waals surface area contributed by atoms with Gasteiger partial charge in [-0.15, -0.1) is 0 Å². The SMILES string of the molecule is Cc1ccc(OCCCC(=O)Nc2ccc(Br)cc2)cc1. The Hall–Kier alpha value is -1.81. The molecule has 0 bridgehead atoms. The fourth-order valence-electron chi connectivity index (χ4n) is 1.81. The van der Waals surface area contributed by atoms with E-state index in [1.807, 2.05) is 55.5 Å². The summed E-state index contributed by atoms with van der Waals surface area (Å²) in [4.78, 5) is 11.8. The number of ether oxygens (including phenoxy) is 1. The Kier molecular flexibility index (Phi) is 5.81. The van der Waals surface area contributed by atoms with Crippen molar-refractivity contribution in [2.24, 2.45) is 0 Å². The zero-order valence-electron chi connectivity index (χ0n) is 11.9. The summed E-state index contributed by atoms with van der Waals surface area (Å²) in [6.07, 6.45) is 1.14. The predicted molar refractivity (Wildman–Crippen MR) is 88.7 cm³/mol. The minimum absolute atomic E-state index is 0.00447. The van der Waals surface area contributed by atoms with Crippen LogP contribution >= 0.6 is 15.9 Å². The number of amides is 1. The average Bonchev–Trinajstić information content (AvgIpc) is 2.48. The Morgan fingerprint density at radius 3 is 2.43 bits per heavy atom. The molecule has 0 aromatic heterocycles. The van der Waals surface area contributed by atoms with Crippen molar-refractivity contribution in [1.29, 1.82) is 0 Å². The van der Waals surface area contributed by atoms with Gasteiger partial charge in [0.15, 0.2) is 0 Å². The van der Waals surface area contributed by atoms with Crippen molar-refractivity contribution in [1.82, 2.24) is 0 Å². The number of rotatable bonds is 6. The van der Waals surface area contributed by atoms with Gasteiger partial charge < -0.3 is 10.1 Å². The fourth-order valence-corrected chi connectivity index (χ4v) is 2.08. The van der Waals surface area contributed by atoms with E-state index in [0.29, 0.717) is 19.4 Å². The van der Waals surface area contributed by atoms with Crippen molar-refractivity contribution in [3.63, 3.8) is 0 Å². The topological polar surface area (TPSA) is 38.3 Å². The molecule has 0 heterocycles. The van der Waals surface area contributed by atoms with Gasteiger partial charge in [-0.3, -0.25) is 4.79 Å². The highest BCUT2D eigenvalue weighted by Crippen LogP contribution is 2.15. The van der Waals surface area contributed by atoms with Crippen molar-refractivity contribution < 1.29 is 9.53 Å². The molecule has 0 aliphatic rings. The van der Waals surface area contributed by atoms with Gasteiger partial charge >= 0.3 is 0 Å². The number of hydrogen-bond acceptors (Lipinski definition) is 2. The molecule has 0 saturated heterocycles. The number of carbonyl (C=O) groups excluding carboxylic acids is 1. The van der Waals surface area contributed by atoms with E-state index in [9.17, 15) is 4.79 Å². The second kappa shape index (κ2) is 7.84. The molecule has 0 spiro atoms. The second-order valence-electron chi connectivity index (χ2n) is 4.82. The molecule has 0 aliphatic heterocycles. The van der Waals surface area contributed by atoms with Crippen LogP contribution in [0.4, 0.5) is 5.69 Å². The second-order valence-corrected chi connectivity index (χ2v) is 5.74. The minimum atomic E-state index is 0.00447. The quantitative estimate of drug-likeness (QED) is 0.778. The summed E-state index contributed by atoms with van der Waals surface area (Å²) in [5.74, 6) is 0.846. The van der Waals surface area contributed by atoms with E-state index < -0.39 is 0 Å². The predicted octanol–water partition coefficient (Wildman–Crippen LogP) is 4.56. The first-order chi connectivity index (χ1) is 10.1. The third kappa shape index (κ3) is 5.60. The molecule has 2 rings (SSSR count). The maximum atomic E-state index is 11.8. The molecule has 0 aliphatic carbocycles. The van der Waals surface area contributed by atoms with Crippen LogP contribution in [0.3, 0.4) is 0 Å². The highest BCUT2D eigenvalue weighted by atomic mass is 79.9. The fraction of sp³-hybridized carbons (Fsp3) is 0.235. The maximum Gasteiger partial charge on any atom is 0.224 e. The van der Waals surface area contributed by atoms with Crippen LogP contribution in [0.2, 0.25) is 0 Å². The maximum absolute atomic E-state index is 11.8. The molecule has 1 N–H and O–H groups in total. The average molecular weight is 348 g/mol. The van der Waals surface area contributed by atoms with E-state index in [2.05, 4.69) is 21.2 Å². The third-order valence-electron chi connectivity index (χ3n) is 2.97. The first-order valence-corrected chi connectivity index (χ1v) is 7.68. The van der Waals surface area contributed by atoms with E-state index in [1.165, 1.54) is 5.56 Å². The van der Waals surface area contributed by atoms with E-state index in [4.69, 9.17) is 4.74 Å². The zero-order valence-corrected chi connectivity index (χ0v) is 13.5. The van der Waals surface area contributed by atoms with Gasteiger partial charge in [-0.25, -0.2) is 0 Å². The number of carbonyl (C=O) groups is 1. The molecule has 0 radical (unpaired) electrons. The van der Waals surface area contributed by atoms with Crippen molar-refractivity contribution >= 4 is 27.5 Å². The molecule has 110 valence electrons. The molecular formula is C17H18BrNO2. The lowest BCUT2D eigenvalue weighted by Crippen LogP contribution is -2.12. The highest BCUT2D eigenvalue weighted by Gasteiger charge is 2.02. The minimum Gasteiger partial charge on any atom is -0.494 e. The smallest absolute Gasteiger partial charge is 0.224 e. The zero-order chi connectivity index (χ0) is 15.1. The Morgan fingerprint density at radius 2 is 1.76 bits per heavy atom. The summed E-state index contributed by atoms with van der Waals surface area (Å²) in [7, 11) is 0. The number of anilines is 1. The van der Waals surface area contributed by atoms with Crippen molar-refractivity contribution in [2.75, 3.05) is 11.9 Å². The van der Waals surface area contributed by atoms with Crippen LogP contribution in [0.1, 0.15) is 18.4 Å². The number of benzene rings is 2. The molecule has 0 saturated carbocycles. The lowest BCUT2D eigenvalue weighted by Gasteiger charge is -2.07. The summed E-state index contributed by atoms with van der Waals surface area (Å²) >= 11 is 3.36. The third-order valence-corrected chi connectivity index (χ3v) is 3.49. The van der Waals surface area contributed by atoms with Crippen LogP contribution in [0.5, 0.6) is 5.75 Å². The van der Waals surface area contributed by atoms with Gasteiger partial charge in [-0.2, -0.15) is 0 Å². The number of hydrogen-bond donors (Lipinski definition) is 1. The molecule has 1 amide bonds. The van der Waals surface area contributed by atoms with Gasteiger partial charge in [0, 0.05) is 16.6 Å². The molecule has 0 fully saturated rings. The Bertz CT molecular complexity index is 579. The summed E-state index contributed by atoms with van der Waals surface area (Å²) in [5.41, 5.74) is 2.01. The molecule has 2 aromatic carbocycles. The number of aryl methyl sites for hydroxylation is 1. The first kappa shape index (κ1) is 15.6. The molecule has 0 atom stereocenters. The molecule has 2 aromatic rings. The van der Waals surface area contributed by atoms with E-state index >= 15 is 0 Å². The number of halogens is 1. The van der Waals surface area contributed by atoms with Crippen LogP contribution < -0.4 is 10.1 Å². The Labute approximate surface area is 133 Å². The number of nitrogens with one attached hydrogen (secondary N) is 1. The normalized spacial score (nSPS) is 10.2. The molecule has 3 nitrogen and oxygen atoms in total. The van der Waals surface area contributed by atoms with Gasteiger partial charge in [0.2, 0.25) is 5.91 Å². The van der Waals surface area contributed by atoms with Gasteiger partial charge in [0.1, 0.15) is 5.75 Å². The summed E-state index contributed by atoms with van der Waals surface area (Å²) in [6.45, 7) is 2.58. The van der Waals surface area contributed by atoms with Crippen LogP contribution in [0.15, 0.2) is 53.0 Å². The summed E-state index contributed by atoms with van der Waals surface area (Å²) < 4.78 is 6.58. The van der Waals surface area contributed by atoms with E-state index in [-0.39, 0.29) is 5.91 Å². The van der Waals surface area contributed by atoms with E-state index in [0.717, 1.165) is 15.9 Å². The summed E-state index contributed by atoms with van der Waals surface area (Å²) in [6, 6.07) is 15.4. The van der Waals surface area contributed by atoms with Crippen LogP contribution in [0.25, 0.3) is 0 Å². The lowest BCUT2D eigenvalue weighted by molar-refractivity contribution is -0.116. The van der Waals surface area contributed by atoms with Crippen LogP contribution in [-0.2, 0) is 4.79 Å². The molecule has 4 heteroatoms. The van der Waals surface area contributed by atoms with Crippen molar-refractivity contribution in [3.05, 3.63) is 58.6 Å². The van der Waals surface area contributed by atoms with Gasteiger partial charge in [0.05, 0.1) is 6.61 Å². The molecule has 21 heavy (non-hydrogen) atoms. The van der Waals surface area contributed by atoms with Gasteiger partial charge in [-0.05, 0) is 49.7 Å². The summed E-state index contributed by atoms with van der Waals surface area (Å²) in [5, 5.41) is 2.86. The molecular weight excluding hydrogens is 330 g/mol. The van der Waals surface area contributed by atoms with E-state index in [1.54, 1.807) is 0 Å². The Balaban J connectivity index is 1.67. The lowest BCUT2D eigenvalue weighted by atomic mass is 10.2. The van der Waals surface area contributed by atoms with Crippen LogP contribution in [0, 0.1) is 6.92 Å². The van der Waals surface area contributed by atoms with Gasteiger partial charge in [0.25, 0.3) is 0 Å². The van der Waals surface area contributed by atoms with Gasteiger partial charge in [-0.1, -0.05) is 33.6 Å². The first-order valence-electron chi connectivity index (χ1n) is 6.88. The highest BCUT2D eigenvalue weighted by molar-refractivity contribution is 9.10. The Morgan fingerprint density at radius 1 is 1.10 bits per heavy atom. The van der Waals surface area contributed by atoms with Crippen molar-refractivity contribution in [2.45, 2.75) is 19.8 Å². The molecule has 0 unspecified atom stereocenters. The monoisotopic (exact) mass is 347 g/mol. The van der Waals surface area contributed by atoms with Crippen LogP contribution in [-0.4, -0.2) is 12.5 Å². The standard InChI is InChI=1S/C17H18BrNO2/c1-13-4-10-16(11-5-13)21-12-2-3-17(20)19-15-8-6-14(18)7-9-15/h4-11H,2-3,12H2,1H3,(H,19,20). The largest absolute Gasteiger partial charge is 0.494 e. The van der Waals surface area contributed by atoms with Crippen molar-refractivity contribution in [3.8, 4) is 5.75 Å².